The number of rotatable bonds is 9. The highest BCUT2D eigenvalue weighted by Gasteiger charge is 2.56. The van der Waals surface area contributed by atoms with Gasteiger partial charge in [0.05, 0.1) is 30.1 Å². The van der Waals surface area contributed by atoms with Crippen LogP contribution in [-0.2, 0) is 29.8 Å². The molecule has 3 atom stereocenters. The Morgan fingerprint density at radius 1 is 1.14 bits per heavy atom. The topological polar surface area (TPSA) is 128 Å². The average molecular weight is 707 g/mol. The van der Waals surface area contributed by atoms with Crippen molar-refractivity contribution in [1.29, 1.82) is 0 Å². The van der Waals surface area contributed by atoms with Crippen molar-refractivity contribution < 1.29 is 37.1 Å². The summed E-state index contributed by atoms with van der Waals surface area (Å²) in [6, 6.07) is 7.56. The number of nitrogens with zero attached hydrogens (tertiary/aromatic N) is 5. The van der Waals surface area contributed by atoms with Crippen LogP contribution in [0, 0.1) is 17.5 Å². The zero-order valence-electron chi connectivity index (χ0n) is 28.4. The van der Waals surface area contributed by atoms with Crippen LogP contribution >= 0.6 is 0 Å². The molecule has 0 unspecified atom stereocenters. The summed E-state index contributed by atoms with van der Waals surface area (Å²) in [6.45, 7) is 3.39. The van der Waals surface area contributed by atoms with Gasteiger partial charge in [0.25, 0.3) is 11.8 Å². The van der Waals surface area contributed by atoms with Crippen LogP contribution in [0.1, 0.15) is 84.2 Å². The highest BCUT2D eigenvalue weighted by molar-refractivity contribution is 5.99. The summed E-state index contributed by atoms with van der Waals surface area (Å²) in [5.41, 5.74) is -1.50. The second-order valence-corrected chi connectivity index (χ2v) is 13.4. The molecule has 0 aliphatic carbocycles. The Kier molecular flexibility index (Phi) is 8.86. The van der Waals surface area contributed by atoms with Gasteiger partial charge in [0.1, 0.15) is 41.0 Å². The molecule has 2 saturated heterocycles. The van der Waals surface area contributed by atoms with Gasteiger partial charge in [0.15, 0.2) is 11.4 Å². The van der Waals surface area contributed by atoms with Crippen molar-refractivity contribution in [3.05, 3.63) is 92.9 Å². The average Bonchev–Trinajstić information content (AvgIpc) is 3.54. The number of benzene rings is 2. The van der Waals surface area contributed by atoms with E-state index in [1.165, 1.54) is 15.8 Å². The minimum absolute atomic E-state index is 0.0431. The molecule has 1 N–H and O–H groups in total. The number of unbranched alkanes of at least 4 members (excludes halogenated alkanes) is 1. The maximum Gasteiger partial charge on any atom is 0.274 e. The van der Waals surface area contributed by atoms with Crippen LogP contribution in [0.2, 0.25) is 0 Å². The number of fused-ring (bicyclic) bond motifs is 6. The summed E-state index contributed by atoms with van der Waals surface area (Å²) < 4.78 is 51.6. The third-order valence-electron chi connectivity index (χ3n) is 10.2. The summed E-state index contributed by atoms with van der Waals surface area (Å²) in [5, 5.41) is 3.64. The predicted molar refractivity (Wildman–Crippen MR) is 177 cm³/mol. The van der Waals surface area contributed by atoms with Crippen molar-refractivity contribution in [3.8, 4) is 5.75 Å². The lowest BCUT2D eigenvalue weighted by atomic mass is 9.85. The van der Waals surface area contributed by atoms with Gasteiger partial charge in [0.2, 0.25) is 11.3 Å². The molecule has 3 amide bonds. The van der Waals surface area contributed by atoms with Gasteiger partial charge in [-0.05, 0) is 38.3 Å². The molecule has 3 aliphatic heterocycles. The zero-order chi connectivity index (χ0) is 36.2. The molecule has 4 aromatic rings. The number of ether oxygens (including phenoxy) is 1. The fourth-order valence-electron chi connectivity index (χ4n) is 7.30. The number of hydrogen-bond acceptors (Lipinski definition) is 7. The predicted octanol–water partition coefficient (Wildman–Crippen LogP) is 4.54. The fraction of sp³-hybridized carbons (Fsp3) is 0.417. The van der Waals surface area contributed by atoms with Crippen molar-refractivity contribution in [2.75, 3.05) is 13.2 Å². The van der Waals surface area contributed by atoms with Gasteiger partial charge in [-0.15, -0.1) is 0 Å². The molecule has 268 valence electrons. The number of para-hydroxylation sites is 2. The summed E-state index contributed by atoms with van der Waals surface area (Å²) >= 11 is 0. The maximum atomic E-state index is 14.4. The summed E-state index contributed by atoms with van der Waals surface area (Å²) in [6.07, 6.45) is 3.32. The molecule has 1 spiro atoms. The van der Waals surface area contributed by atoms with E-state index in [2.05, 4.69) is 5.32 Å². The van der Waals surface area contributed by atoms with Crippen LogP contribution in [-0.4, -0.2) is 66.6 Å². The standard InChI is InChI=1S/C36H37F3N6O6/c1-4-5-12-50-33-31-35(49)43-18-28(44(31)17-23(32(33)47)34(48)40-16-22-24(38)13-21(37)14-25(22)39)36(11-10-20(43)2)15-30(46)45(51-36)19-29-41-26-8-6-7-9-27(26)42(29)3/h6-9,13-14,17,20,28H,4-5,10-12,15-16,18-19H2,1-3H3,(H,40,48)/t20-,28+,36-/m0/s1. The van der Waals surface area contributed by atoms with Crippen LogP contribution in [0.15, 0.2) is 47.4 Å². The van der Waals surface area contributed by atoms with Crippen LogP contribution in [0.3, 0.4) is 0 Å². The molecule has 2 bridgehead atoms. The Labute approximate surface area is 290 Å². The van der Waals surface area contributed by atoms with Gasteiger partial charge in [-0.25, -0.2) is 23.2 Å². The second-order valence-electron chi connectivity index (χ2n) is 13.4. The van der Waals surface area contributed by atoms with Gasteiger partial charge < -0.3 is 24.1 Å². The van der Waals surface area contributed by atoms with E-state index >= 15 is 0 Å². The Morgan fingerprint density at radius 2 is 1.88 bits per heavy atom. The number of hydrogen-bond donors (Lipinski definition) is 1. The van der Waals surface area contributed by atoms with Crippen LogP contribution in [0.5, 0.6) is 5.75 Å². The Morgan fingerprint density at radius 3 is 2.61 bits per heavy atom. The number of nitrogens with one attached hydrogen (secondary N) is 1. The molecule has 5 heterocycles. The monoisotopic (exact) mass is 706 g/mol. The molecule has 0 radical (unpaired) electrons. The van der Waals surface area contributed by atoms with E-state index in [0.717, 1.165) is 17.5 Å². The number of pyridine rings is 1. The lowest BCUT2D eigenvalue weighted by molar-refractivity contribution is -0.218. The van der Waals surface area contributed by atoms with E-state index in [4.69, 9.17) is 14.6 Å². The number of aryl methyl sites for hydroxylation is 1. The molecule has 12 nitrogen and oxygen atoms in total. The van der Waals surface area contributed by atoms with Gasteiger partial charge >= 0.3 is 0 Å². The van der Waals surface area contributed by atoms with E-state index in [-0.39, 0.29) is 49.5 Å². The number of carbonyl (C=O) groups is 3. The van der Waals surface area contributed by atoms with Crippen molar-refractivity contribution in [2.45, 2.75) is 76.7 Å². The van der Waals surface area contributed by atoms with E-state index in [1.54, 1.807) is 4.90 Å². The molecular weight excluding hydrogens is 669 g/mol. The molecular formula is C36H37F3N6O6. The van der Waals surface area contributed by atoms with E-state index in [9.17, 15) is 32.3 Å². The Bertz CT molecular complexity index is 2110. The first-order chi connectivity index (χ1) is 24.4. The second kappa shape index (κ2) is 13.2. The molecule has 0 saturated carbocycles. The number of carbonyl (C=O) groups excluding carboxylic acids is 3. The smallest absolute Gasteiger partial charge is 0.274 e. The third-order valence-corrected chi connectivity index (χ3v) is 10.2. The summed E-state index contributed by atoms with van der Waals surface area (Å²) in [7, 11) is 1.86. The quantitative estimate of drug-likeness (QED) is 0.253. The van der Waals surface area contributed by atoms with Gasteiger partial charge in [-0.1, -0.05) is 25.5 Å². The number of hydroxylamine groups is 2. The first-order valence-corrected chi connectivity index (χ1v) is 17.0. The van der Waals surface area contributed by atoms with Crippen molar-refractivity contribution in [3.63, 3.8) is 0 Å². The highest BCUT2D eigenvalue weighted by Crippen LogP contribution is 2.47. The molecule has 7 rings (SSSR count). The van der Waals surface area contributed by atoms with E-state index in [1.807, 2.05) is 49.7 Å². The highest BCUT2D eigenvalue weighted by atomic mass is 19.1. The number of imidazole rings is 1. The largest absolute Gasteiger partial charge is 0.487 e. The zero-order valence-corrected chi connectivity index (χ0v) is 28.4. The normalized spacial score (nSPS) is 21.4. The first-order valence-electron chi connectivity index (χ1n) is 17.0. The third kappa shape index (κ3) is 5.92. The first kappa shape index (κ1) is 34.3. The molecule has 2 fully saturated rings. The molecule has 15 heteroatoms. The lowest BCUT2D eigenvalue weighted by Gasteiger charge is -2.42. The number of amides is 3. The van der Waals surface area contributed by atoms with Crippen molar-refractivity contribution in [2.24, 2.45) is 7.05 Å². The molecule has 3 aliphatic rings. The van der Waals surface area contributed by atoms with Gasteiger partial charge in [-0.2, -0.15) is 0 Å². The number of halogens is 3. The Balaban J connectivity index is 1.28. The van der Waals surface area contributed by atoms with Crippen molar-refractivity contribution in [1.82, 2.24) is 29.4 Å². The summed E-state index contributed by atoms with van der Waals surface area (Å²) in [5.74, 6) is -5.00. The summed E-state index contributed by atoms with van der Waals surface area (Å²) in [4.78, 5) is 68.4. The van der Waals surface area contributed by atoms with E-state index < -0.39 is 64.0 Å². The maximum absolute atomic E-state index is 14.4. The van der Waals surface area contributed by atoms with Gasteiger partial charge in [-0.3, -0.25) is 24.0 Å². The Hall–Kier alpha value is -5.18. The van der Waals surface area contributed by atoms with E-state index in [0.29, 0.717) is 37.2 Å². The van der Waals surface area contributed by atoms with Crippen LogP contribution in [0.4, 0.5) is 13.2 Å². The van der Waals surface area contributed by atoms with Gasteiger partial charge in [0, 0.05) is 50.1 Å². The minimum atomic E-state index is -1.20. The van der Waals surface area contributed by atoms with Crippen molar-refractivity contribution >= 4 is 28.8 Å². The SMILES string of the molecule is CCCCOc1c2n(cc(C(=O)NCc3c(F)cc(F)cc3F)c1=O)[C@@H]1CN(C2=O)[C@@H](C)CC[C@]12CC(=O)N(Cc1nc3ccccc3n1C)O2. The minimum Gasteiger partial charge on any atom is -0.487 e. The number of aromatic nitrogens is 3. The van der Waals surface area contributed by atoms with Crippen LogP contribution in [0.25, 0.3) is 11.0 Å². The molecule has 2 aromatic carbocycles. The fourth-order valence-corrected chi connectivity index (χ4v) is 7.30. The van der Waals surface area contributed by atoms with Crippen LogP contribution < -0.4 is 15.5 Å². The lowest BCUT2D eigenvalue weighted by Crippen LogP contribution is -2.52. The molecule has 51 heavy (non-hydrogen) atoms. The molecule has 2 aromatic heterocycles.